The highest BCUT2D eigenvalue weighted by atomic mass is 35.5. The maximum Gasteiger partial charge on any atom is 0.242 e. The zero-order valence-electron chi connectivity index (χ0n) is 15.0. The summed E-state index contributed by atoms with van der Waals surface area (Å²) in [5, 5.41) is 5.67. The number of anilines is 1. The van der Waals surface area contributed by atoms with Crippen molar-refractivity contribution in [3.05, 3.63) is 23.2 Å². The van der Waals surface area contributed by atoms with E-state index in [1.54, 1.807) is 11.9 Å². The molecule has 144 valence electrons. The molecular formula is C16H23ClN4O4S. The third-order valence-electron chi connectivity index (χ3n) is 3.76. The highest BCUT2D eigenvalue weighted by Crippen LogP contribution is 2.26. The van der Waals surface area contributed by atoms with Gasteiger partial charge in [0.15, 0.2) is 0 Å². The number of likely N-dealkylation sites (N-methyl/N-ethyl adjacent to an activating group) is 1. The van der Waals surface area contributed by atoms with E-state index >= 15 is 0 Å². The minimum Gasteiger partial charge on any atom is -0.352 e. The predicted octanol–water partition coefficient (Wildman–Crippen LogP) is 0.739. The number of hydrogen-bond donors (Lipinski definition) is 2. The number of rotatable bonds is 8. The Morgan fingerprint density at radius 3 is 2.35 bits per heavy atom. The molecule has 10 heteroatoms. The van der Waals surface area contributed by atoms with E-state index in [1.165, 1.54) is 32.3 Å². The molecule has 1 saturated carbocycles. The van der Waals surface area contributed by atoms with Gasteiger partial charge < -0.3 is 10.6 Å². The van der Waals surface area contributed by atoms with Gasteiger partial charge in [0.1, 0.15) is 0 Å². The topological polar surface area (TPSA) is 98.8 Å². The highest BCUT2D eigenvalue weighted by molar-refractivity contribution is 7.89. The molecule has 2 rings (SSSR count). The standard InChI is InChI=1S/C16H23ClN4O4S/c1-20(2)26(24,25)12-6-7-13(17)14(8-12)19-16(23)10-21(3)9-15(22)18-11-4-5-11/h6-8,11H,4-5,9-10H2,1-3H3,(H,18,22)(H,19,23). The summed E-state index contributed by atoms with van der Waals surface area (Å²) in [6.45, 7) is 0.0752. The van der Waals surface area contributed by atoms with Crippen molar-refractivity contribution < 1.29 is 18.0 Å². The van der Waals surface area contributed by atoms with Gasteiger partial charge in [0.05, 0.1) is 28.7 Å². The fourth-order valence-corrected chi connectivity index (χ4v) is 3.30. The summed E-state index contributed by atoms with van der Waals surface area (Å²) < 4.78 is 25.5. The lowest BCUT2D eigenvalue weighted by Crippen LogP contribution is -2.39. The predicted molar refractivity (Wildman–Crippen MR) is 99.6 cm³/mol. The fraction of sp³-hybridized carbons (Fsp3) is 0.500. The Morgan fingerprint density at radius 1 is 1.15 bits per heavy atom. The van der Waals surface area contributed by atoms with Crippen molar-refractivity contribution in [1.82, 2.24) is 14.5 Å². The van der Waals surface area contributed by atoms with E-state index in [1.807, 2.05) is 0 Å². The lowest BCUT2D eigenvalue weighted by atomic mass is 10.3. The second kappa shape index (κ2) is 8.34. The number of amides is 2. The molecule has 2 N–H and O–H groups in total. The summed E-state index contributed by atoms with van der Waals surface area (Å²) in [4.78, 5) is 25.5. The zero-order chi connectivity index (χ0) is 19.5. The molecule has 0 heterocycles. The van der Waals surface area contributed by atoms with Gasteiger partial charge in [-0.05, 0) is 38.1 Å². The van der Waals surface area contributed by atoms with E-state index in [0.29, 0.717) is 0 Å². The summed E-state index contributed by atoms with van der Waals surface area (Å²) in [5.41, 5.74) is 0.204. The molecule has 8 nitrogen and oxygen atoms in total. The smallest absolute Gasteiger partial charge is 0.242 e. The van der Waals surface area contributed by atoms with Crippen LogP contribution in [-0.4, -0.2) is 69.7 Å². The minimum absolute atomic E-state index is 0.0272. The molecule has 0 aromatic heterocycles. The molecule has 0 unspecified atom stereocenters. The molecule has 0 atom stereocenters. The van der Waals surface area contributed by atoms with Crippen LogP contribution in [0.25, 0.3) is 0 Å². The van der Waals surface area contributed by atoms with Crippen LogP contribution in [0.1, 0.15) is 12.8 Å². The van der Waals surface area contributed by atoms with Crippen molar-refractivity contribution in [3.63, 3.8) is 0 Å². The Balaban J connectivity index is 1.98. The average Bonchev–Trinajstić information content (AvgIpc) is 3.32. The van der Waals surface area contributed by atoms with Crippen molar-refractivity contribution in [2.24, 2.45) is 0 Å². The first kappa shape index (κ1) is 20.6. The van der Waals surface area contributed by atoms with Crippen LogP contribution < -0.4 is 10.6 Å². The SMILES string of the molecule is CN(CC(=O)Nc1cc(S(=O)(=O)N(C)C)ccc1Cl)CC(=O)NC1CC1. The van der Waals surface area contributed by atoms with Gasteiger partial charge in [0.2, 0.25) is 21.8 Å². The first-order chi connectivity index (χ1) is 12.1. The van der Waals surface area contributed by atoms with Crippen molar-refractivity contribution >= 4 is 39.1 Å². The molecule has 26 heavy (non-hydrogen) atoms. The second-order valence-corrected chi connectivity index (χ2v) is 9.05. The molecular weight excluding hydrogens is 380 g/mol. The zero-order valence-corrected chi connectivity index (χ0v) is 16.5. The number of nitrogens with zero attached hydrogens (tertiary/aromatic N) is 2. The van der Waals surface area contributed by atoms with Gasteiger partial charge >= 0.3 is 0 Å². The first-order valence-corrected chi connectivity index (χ1v) is 9.91. The quantitative estimate of drug-likeness (QED) is 0.668. The number of carbonyl (C=O) groups excluding carboxylic acids is 2. The van der Waals surface area contributed by atoms with Crippen LogP contribution >= 0.6 is 11.6 Å². The van der Waals surface area contributed by atoms with Gasteiger partial charge in [-0.1, -0.05) is 11.6 Å². The first-order valence-electron chi connectivity index (χ1n) is 8.09. The molecule has 1 aliphatic rings. The molecule has 1 aliphatic carbocycles. The Bertz CT molecular complexity index is 793. The van der Waals surface area contributed by atoms with Crippen molar-refractivity contribution in [2.75, 3.05) is 39.5 Å². The van der Waals surface area contributed by atoms with Crippen molar-refractivity contribution in [2.45, 2.75) is 23.8 Å². The number of sulfonamides is 1. The number of halogens is 1. The van der Waals surface area contributed by atoms with Gasteiger partial charge in [0.25, 0.3) is 0 Å². The summed E-state index contributed by atoms with van der Waals surface area (Å²) >= 11 is 6.05. The highest BCUT2D eigenvalue weighted by Gasteiger charge is 2.24. The molecule has 1 fully saturated rings. The van der Waals surface area contributed by atoms with Gasteiger partial charge in [-0.3, -0.25) is 14.5 Å². The van der Waals surface area contributed by atoms with Crippen LogP contribution in [0, 0.1) is 0 Å². The van der Waals surface area contributed by atoms with Crippen LogP contribution in [0.2, 0.25) is 5.02 Å². The maximum absolute atomic E-state index is 12.2. The molecule has 0 aliphatic heterocycles. The number of hydrogen-bond acceptors (Lipinski definition) is 5. The lowest BCUT2D eigenvalue weighted by molar-refractivity contribution is -0.123. The third kappa shape index (κ3) is 5.66. The Kier molecular flexibility index (Phi) is 6.62. The molecule has 0 saturated heterocycles. The normalized spacial score (nSPS) is 14.5. The summed E-state index contributed by atoms with van der Waals surface area (Å²) in [5.74, 6) is -0.520. The third-order valence-corrected chi connectivity index (χ3v) is 5.90. The molecule has 0 bridgehead atoms. The monoisotopic (exact) mass is 402 g/mol. The summed E-state index contributed by atoms with van der Waals surface area (Å²) in [6.07, 6.45) is 2.00. The van der Waals surface area contributed by atoms with Crippen LogP contribution in [0.4, 0.5) is 5.69 Å². The van der Waals surface area contributed by atoms with Crippen LogP contribution in [0.5, 0.6) is 0 Å². The molecule has 2 amide bonds. The maximum atomic E-state index is 12.2. The van der Waals surface area contributed by atoms with Gasteiger partial charge in [-0.15, -0.1) is 0 Å². The molecule has 0 spiro atoms. The molecule has 0 radical (unpaired) electrons. The van der Waals surface area contributed by atoms with E-state index < -0.39 is 15.9 Å². The lowest BCUT2D eigenvalue weighted by Gasteiger charge is -2.17. The van der Waals surface area contributed by atoms with E-state index in [-0.39, 0.29) is 40.6 Å². The van der Waals surface area contributed by atoms with E-state index in [9.17, 15) is 18.0 Å². The Labute approximate surface area is 158 Å². The molecule has 1 aromatic carbocycles. The number of nitrogens with one attached hydrogen (secondary N) is 2. The Morgan fingerprint density at radius 2 is 1.77 bits per heavy atom. The molecule has 1 aromatic rings. The Hall–Kier alpha value is -1.68. The van der Waals surface area contributed by atoms with Gasteiger partial charge in [-0.25, -0.2) is 12.7 Å². The van der Waals surface area contributed by atoms with Crippen LogP contribution in [0.3, 0.4) is 0 Å². The van der Waals surface area contributed by atoms with Crippen LogP contribution in [0.15, 0.2) is 23.1 Å². The summed E-state index contributed by atoms with van der Waals surface area (Å²) in [6, 6.07) is 4.38. The van der Waals surface area contributed by atoms with Crippen molar-refractivity contribution in [3.8, 4) is 0 Å². The van der Waals surface area contributed by atoms with Gasteiger partial charge in [0, 0.05) is 20.1 Å². The van der Waals surface area contributed by atoms with Crippen molar-refractivity contribution in [1.29, 1.82) is 0 Å². The largest absolute Gasteiger partial charge is 0.352 e. The minimum atomic E-state index is -3.64. The van der Waals surface area contributed by atoms with E-state index in [2.05, 4.69) is 10.6 Å². The summed E-state index contributed by atoms with van der Waals surface area (Å²) in [7, 11) is 0.858. The van der Waals surface area contributed by atoms with E-state index in [0.717, 1.165) is 17.1 Å². The van der Waals surface area contributed by atoms with E-state index in [4.69, 9.17) is 11.6 Å². The average molecular weight is 403 g/mol. The van der Waals surface area contributed by atoms with Gasteiger partial charge in [-0.2, -0.15) is 0 Å². The van der Waals surface area contributed by atoms with Crippen LogP contribution in [-0.2, 0) is 19.6 Å². The fourth-order valence-electron chi connectivity index (χ4n) is 2.21. The number of benzene rings is 1. The second-order valence-electron chi connectivity index (χ2n) is 6.49. The number of carbonyl (C=O) groups is 2.